The van der Waals surface area contributed by atoms with E-state index in [9.17, 15) is 13.2 Å². The Balaban J connectivity index is 1.24. The molecule has 8 heteroatoms. The van der Waals surface area contributed by atoms with E-state index in [2.05, 4.69) is 9.62 Å². The summed E-state index contributed by atoms with van der Waals surface area (Å²) in [5.74, 6) is 1.14. The summed E-state index contributed by atoms with van der Waals surface area (Å²) in [5, 5.41) is 8.86. The normalized spacial score (nSPS) is 25.6. The Kier molecular flexibility index (Phi) is 6.42. The molecule has 4 rings (SSSR count). The molecule has 7 nitrogen and oxygen atoms in total. The Morgan fingerprint density at radius 1 is 1.00 bits per heavy atom. The van der Waals surface area contributed by atoms with E-state index in [4.69, 9.17) is 5.26 Å². The highest BCUT2D eigenvalue weighted by Gasteiger charge is 2.33. The van der Waals surface area contributed by atoms with Crippen molar-refractivity contribution in [2.24, 2.45) is 11.8 Å². The second-order valence-corrected chi connectivity index (χ2v) is 10.6. The number of hydrogen-bond donors (Lipinski definition) is 1. The zero-order chi connectivity index (χ0) is 21.1. The molecule has 1 saturated heterocycles. The van der Waals surface area contributed by atoms with Gasteiger partial charge in [0.25, 0.3) is 0 Å². The summed E-state index contributed by atoms with van der Waals surface area (Å²) < 4.78 is 28.0. The lowest BCUT2D eigenvalue weighted by Gasteiger charge is -2.38. The third-order valence-electron chi connectivity index (χ3n) is 6.59. The molecular weight excluding hydrogens is 400 g/mol. The fraction of sp³-hybridized carbons (Fsp3) is 0.636. The van der Waals surface area contributed by atoms with Crippen molar-refractivity contribution >= 4 is 15.9 Å². The van der Waals surface area contributed by atoms with Crippen LogP contribution in [0.25, 0.3) is 0 Å². The number of carbonyl (C=O) groups is 1. The Morgan fingerprint density at radius 3 is 2.20 bits per heavy atom. The van der Waals surface area contributed by atoms with Crippen LogP contribution in [0.4, 0.5) is 0 Å². The van der Waals surface area contributed by atoms with Crippen LogP contribution in [0.1, 0.15) is 44.1 Å². The second kappa shape index (κ2) is 9.04. The first-order chi connectivity index (χ1) is 14.4. The van der Waals surface area contributed by atoms with Gasteiger partial charge in [-0.05, 0) is 68.7 Å². The molecule has 1 aromatic rings. The summed E-state index contributed by atoms with van der Waals surface area (Å²) in [6, 6.07) is 7.77. The number of nitrogens with zero attached hydrogens (tertiary/aromatic N) is 3. The van der Waals surface area contributed by atoms with E-state index in [1.54, 1.807) is 0 Å². The van der Waals surface area contributed by atoms with Crippen LogP contribution in [0.3, 0.4) is 0 Å². The highest BCUT2D eigenvalue weighted by Crippen LogP contribution is 2.31. The summed E-state index contributed by atoms with van der Waals surface area (Å²) in [6.45, 7) is 4.77. The molecule has 3 aliphatic rings. The number of nitriles is 1. The SMILES string of the molecule is N#Cc1ccc(S(=O)(=O)NC2CCC(C(=O)N3CCN(CC4CC4)CC3)CC2)cc1. The van der Waals surface area contributed by atoms with Gasteiger partial charge in [0.05, 0.1) is 16.5 Å². The Hall–Kier alpha value is -1.95. The Labute approximate surface area is 179 Å². The maximum Gasteiger partial charge on any atom is 0.240 e. The average molecular weight is 431 g/mol. The molecule has 0 aromatic heterocycles. The molecule has 162 valence electrons. The minimum atomic E-state index is -3.61. The van der Waals surface area contributed by atoms with Crippen molar-refractivity contribution in [2.45, 2.75) is 49.5 Å². The van der Waals surface area contributed by atoms with E-state index in [0.717, 1.165) is 44.9 Å². The van der Waals surface area contributed by atoms with E-state index >= 15 is 0 Å². The van der Waals surface area contributed by atoms with Gasteiger partial charge in [-0.3, -0.25) is 9.69 Å². The van der Waals surface area contributed by atoms with E-state index in [-0.39, 0.29) is 22.8 Å². The largest absolute Gasteiger partial charge is 0.340 e. The fourth-order valence-electron chi connectivity index (χ4n) is 4.53. The summed E-state index contributed by atoms with van der Waals surface area (Å²) in [6.07, 6.45) is 5.51. The Bertz CT molecular complexity index is 889. The second-order valence-electron chi connectivity index (χ2n) is 8.88. The first-order valence-electron chi connectivity index (χ1n) is 11.0. The summed E-state index contributed by atoms with van der Waals surface area (Å²) in [4.78, 5) is 17.6. The maximum absolute atomic E-state index is 12.9. The highest BCUT2D eigenvalue weighted by atomic mass is 32.2. The Morgan fingerprint density at radius 2 is 1.63 bits per heavy atom. The van der Waals surface area contributed by atoms with Crippen molar-refractivity contribution in [3.05, 3.63) is 29.8 Å². The summed E-state index contributed by atoms with van der Waals surface area (Å²) in [5.41, 5.74) is 0.432. The van der Waals surface area contributed by atoms with Gasteiger partial charge >= 0.3 is 0 Å². The van der Waals surface area contributed by atoms with Crippen molar-refractivity contribution in [2.75, 3.05) is 32.7 Å². The zero-order valence-electron chi connectivity index (χ0n) is 17.3. The number of carbonyl (C=O) groups excluding carboxylic acids is 1. The maximum atomic E-state index is 12.9. The van der Waals surface area contributed by atoms with Gasteiger partial charge < -0.3 is 4.90 Å². The van der Waals surface area contributed by atoms with Crippen LogP contribution >= 0.6 is 0 Å². The molecule has 1 N–H and O–H groups in total. The van der Waals surface area contributed by atoms with Crippen LogP contribution in [0.15, 0.2) is 29.2 Å². The number of amides is 1. The van der Waals surface area contributed by atoms with Gasteiger partial charge in [-0.1, -0.05) is 0 Å². The first kappa shape index (κ1) is 21.3. The number of benzene rings is 1. The molecular formula is C22H30N4O3S. The first-order valence-corrected chi connectivity index (χ1v) is 12.5. The third-order valence-corrected chi connectivity index (χ3v) is 8.13. The standard InChI is InChI=1S/C22H30N4O3S/c23-15-17-3-9-21(10-4-17)30(28,29)24-20-7-5-19(6-8-20)22(27)26-13-11-25(12-14-26)16-18-1-2-18/h3-4,9-10,18-20,24H,1-2,5-8,11-14,16H2. The van der Waals surface area contributed by atoms with Crippen LogP contribution in [0.5, 0.6) is 0 Å². The lowest BCUT2D eigenvalue weighted by atomic mass is 9.85. The molecule has 1 amide bonds. The number of hydrogen-bond acceptors (Lipinski definition) is 5. The molecule has 1 heterocycles. The molecule has 0 spiro atoms. The number of piperazine rings is 1. The molecule has 1 aliphatic heterocycles. The van der Waals surface area contributed by atoms with E-state index < -0.39 is 10.0 Å². The summed E-state index contributed by atoms with van der Waals surface area (Å²) >= 11 is 0. The highest BCUT2D eigenvalue weighted by molar-refractivity contribution is 7.89. The lowest BCUT2D eigenvalue weighted by Crippen LogP contribution is -2.51. The van der Waals surface area contributed by atoms with Crippen molar-refractivity contribution in [3.8, 4) is 6.07 Å². The van der Waals surface area contributed by atoms with Crippen LogP contribution in [0, 0.1) is 23.2 Å². The lowest BCUT2D eigenvalue weighted by molar-refractivity contribution is -0.138. The zero-order valence-corrected chi connectivity index (χ0v) is 18.1. The third kappa shape index (κ3) is 5.20. The van der Waals surface area contributed by atoms with Crippen LogP contribution in [0.2, 0.25) is 0 Å². The van der Waals surface area contributed by atoms with E-state index in [1.165, 1.54) is 43.7 Å². The molecule has 0 bridgehead atoms. The van der Waals surface area contributed by atoms with Gasteiger partial charge in [0.1, 0.15) is 0 Å². The van der Waals surface area contributed by atoms with Crippen molar-refractivity contribution in [1.82, 2.24) is 14.5 Å². The predicted molar refractivity (Wildman–Crippen MR) is 113 cm³/mol. The average Bonchev–Trinajstić information content (AvgIpc) is 3.58. The topological polar surface area (TPSA) is 93.5 Å². The molecule has 30 heavy (non-hydrogen) atoms. The van der Waals surface area contributed by atoms with E-state index in [1.807, 2.05) is 11.0 Å². The van der Waals surface area contributed by atoms with Crippen molar-refractivity contribution in [1.29, 1.82) is 5.26 Å². The molecule has 0 atom stereocenters. The fourth-order valence-corrected chi connectivity index (χ4v) is 5.83. The van der Waals surface area contributed by atoms with Gasteiger partial charge in [-0.15, -0.1) is 0 Å². The van der Waals surface area contributed by atoms with Crippen LogP contribution in [-0.2, 0) is 14.8 Å². The minimum Gasteiger partial charge on any atom is -0.340 e. The van der Waals surface area contributed by atoms with Gasteiger partial charge in [0.15, 0.2) is 0 Å². The quantitative estimate of drug-likeness (QED) is 0.745. The molecule has 0 radical (unpaired) electrons. The molecule has 3 fully saturated rings. The van der Waals surface area contributed by atoms with Gasteiger partial charge in [0.2, 0.25) is 15.9 Å². The van der Waals surface area contributed by atoms with Crippen molar-refractivity contribution in [3.63, 3.8) is 0 Å². The molecule has 2 aliphatic carbocycles. The van der Waals surface area contributed by atoms with Gasteiger partial charge in [-0.2, -0.15) is 5.26 Å². The van der Waals surface area contributed by atoms with Gasteiger partial charge in [-0.25, -0.2) is 13.1 Å². The minimum absolute atomic E-state index is 0.00986. The molecule has 1 aromatic carbocycles. The predicted octanol–water partition coefficient (Wildman–Crippen LogP) is 1.95. The number of rotatable bonds is 6. The number of sulfonamides is 1. The smallest absolute Gasteiger partial charge is 0.240 e. The molecule has 2 saturated carbocycles. The van der Waals surface area contributed by atoms with Crippen LogP contribution in [-0.4, -0.2) is 62.9 Å². The number of nitrogens with one attached hydrogen (secondary N) is 1. The monoisotopic (exact) mass is 430 g/mol. The van der Waals surface area contributed by atoms with Crippen molar-refractivity contribution < 1.29 is 13.2 Å². The van der Waals surface area contributed by atoms with Crippen LogP contribution < -0.4 is 4.72 Å². The van der Waals surface area contributed by atoms with Gasteiger partial charge in [0, 0.05) is 44.7 Å². The van der Waals surface area contributed by atoms with E-state index in [0.29, 0.717) is 18.4 Å². The molecule has 0 unspecified atom stereocenters. The summed E-state index contributed by atoms with van der Waals surface area (Å²) in [7, 11) is -3.61.